The van der Waals surface area contributed by atoms with Crippen LogP contribution in [0, 0.1) is 0 Å². The Morgan fingerprint density at radius 2 is 1.61 bits per heavy atom. The number of hydrogen-bond acceptors (Lipinski definition) is 3. The van der Waals surface area contributed by atoms with Gasteiger partial charge in [-0.2, -0.15) is 0 Å². The summed E-state index contributed by atoms with van der Waals surface area (Å²) in [5, 5.41) is 4.58. The average Bonchev–Trinajstić information content (AvgIpc) is 3.09. The van der Waals surface area contributed by atoms with Gasteiger partial charge in [0.2, 0.25) is 0 Å². The van der Waals surface area contributed by atoms with Crippen molar-refractivity contribution >= 4 is 23.2 Å². The minimum atomic E-state index is -0.719. The van der Waals surface area contributed by atoms with Crippen LogP contribution in [0.1, 0.15) is 37.0 Å². The summed E-state index contributed by atoms with van der Waals surface area (Å²) in [7, 11) is 1.97. The standard InChI is InChI=1S/C28H32ClN3O/c1-4-31(5-2)19-18-28(23-13-7-6-8-14-23)25-16-9-10-17-26(25)32(27(28)33)30(3)21-22-12-11-15-24(29)20-22/h6-17,20H,4-5,18-19,21H2,1-3H3/t28-/m1/s1. The molecule has 0 saturated carbocycles. The fourth-order valence-corrected chi connectivity index (χ4v) is 5.20. The Kier molecular flexibility index (Phi) is 7.18. The van der Waals surface area contributed by atoms with Crippen molar-refractivity contribution in [1.82, 2.24) is 9.91 Å². The lowest BCUT2D eigenvalue weighted by molar-refractivity contribution is -0.125. The molecule has 172 valence electrons. The molecule has 1 aliphatic heterocycles. The van der Waals surface area contributed by atoms with Gasteiger partial charge in [0, 0.05) is 18.6 Å². The van der Waals surface area contributed by atoms with Crippen LogP contribution < -0.4 is 5.01 Å². The van der Waals surface area contributed by atoms with Gasteiger partial charge in [0.25, 0.3) is 5.91 Å². The highest BCUT2D eigenvalue weighted by atomic mass is 35.5. The molecule has 0 N–H and O–H groups in total. The summed E-state index contributed by atoms with van der Waals surface area (Å²) in [6, 6.07) is 26.3. The molecule has 3 aromatic rings. The Bertz CT molecular complexity index is 1100. The van der Waals surface area contributed by atoms with Crippen LogP contribution in [0.2, 0.25) is 5.02 Å². The molecule has 4 nitrogen and oxygen atoms in total. The molecule has 0 aliphatic carbocycles. The summed E-state index contributed by atoms with van der Waals surface area (Å²) in [6.07, 6.45) is 0.732. The molecule has 0 fully saturated rings. The van der Waals surface area contributed by atoms with Crippen molar-refractivity contribution < 1.29 is 4.79 Å². The lowest BCUT2D eigenvalue weighted by Crippen LogP contribution is -2.49. The molecule has 0 aromatic heterocycles. The molecule has 1 aliphatic rings. The molecule has 0 saturated heterocycles. The summed E-state index contributed by atoms with van der Waals surface area (Å²) in [5.41, 5.74) is 3.42. The number of nitrogens with zero attached hydrogens (tertiary/aromatic N) is 3. The van der Waals surface area contributed by atoms with Gasteiger partial charge in [0.05, 0.1) is 5.69 Å². The highest BCUT2D eigenvalue weighted by Crippen LogP contribution is 2.49. The maximum absolute atomic E-state index is 14.4. The van der Waals surface area contributed by atoms with E-state index in [4.69, 9.17) is 11.6 Å². The number of halogens is 1. The minimum Gasteiger partial charge on any atom is -0.304 e. The van der Waals surface area contributed by atoms with Gasteiger partial charge in [0.15, 0.2) is 0 Å². The fourth-order valence-electron chi connectivity index (χ4n) is 4.99. The van der Waals surface area contributed by atoms with Gasteiger partial charge >= 0.3 is 0 Å². The van der Waals surface area contributed by atoms with E-state index in [2.05, 4.69) is 43.0 Å². The normalized spacial score (nSPS) is 17.8. The molecule has 3 aromatic carbocycles. The van der Waals surface area contributed by atoms with Crippen molar-refractivity contribution in [3.05, 3.63) is 101 Å². The van der Waals surface area contributed by atoms with Gasteiger partial charge in [-0.3, -0.25) is 4.79 Å². The second-order valence-electron chi connectivity index (χ2n) is 8.63. The quantitative estimate of drug-likeness (QED) is 0.406. The van der Waals surface area contributed by atoms with Crippen LogP contribution >= 0.6 is 11.6 Å². The van der Waals surface area contributed by atoms with Crippen molar-refractivity contribution in [2.45, 2.75) is 32.2 Å². The second-order valence-corrected chi connectivity index (χ2v) is 9.06. The molecular weight excluding hydrogens is 430 g/mol. The molecule has 33 heavy (non-hydrogen) atoms. The zero-order valence-electron chi connectivity index (χ0n) is 19.7. The van der Waals surface area contributed by atoms with E-state index < -0.39 is 5.41 Å². The van der Waals surface area contributed by atoms with E-state index in [0.29, 0.717) is 11.6 Å². The zero-order chi connectivity index (χ0) is 23.4. The van der Waals surface area contributed by atoms with Crippen LogP contribution in [-0.4, -0.2) is 42.5 Å². The third-order valence-electron chi connectivity index (χ3n) is 6.76. The minimum absolute atomic E-state index is 0.103. The van der Waals surface area contributed by atoms with Gasteiger partial charge in [-0.25, -0.2) is 10.0 Å². The first-order valence-corrected chi connectivity index (χ1v) is 12.1. The van der Waals surface area contributed by atoms with Crippen molar-refractivity contribution in [3.63, 3.8) is 0 Å². The number of amides is 1. The summed E-state index contributed by atoms with van der Waals surface area (Å²) >= 11 is 6.22. The first-order valence-electron chi connectivity index (χ1n) is 11.7. The molecule has 0 bridgehead atoms. The molecule has 0 spiro atoms. The van der Waals surface area contributed by atoms with Crippen molar-refractivity contribution in [2.24, 2.45) is 0 Å². The van der Waals surface area contributed by atoms with Crippen LogP contribution in [0.4, 0.5) is 5.69 Å². The molecule has 0 unspecified atom stereocenters. The molecule has 1 atom stereocenters. The summed E-state index contributed by atoms with van der Waals surface area (Å²) < 4.78 is 0. The van der Waals surface area contributed by atoms with Crippen molar-refractivity contribution in [1.29, 1.82) is 0 Å². The first-order chi connectivity index (χ1) is 16.0. The molecule has 1 heterocycles. The van der Waals surface area contributed by atoms with Gasteiger partial charge in [0.1, 0.15) is 5.41 Å². The van der Waals surface area contributed by atoms with Crippen LogP contribution in [0.25, 0.3) is 0 Å². The third kappa shape index (κ3) is 4.43. The van der Waals surface area contributed by atoms with Crippen LogP contribution in [-0.2, 0) is 16.8 Å². The molecule has 5 heteroatoms. The number of rotatable bonds is 9. The summed E-state index contributed by atoms with van der Waals surface area (Å²) in [5.74, 6) is 0.103. The number of para-hydroxylation sites is 1. The van der Waals surface area contributed by atoms with Crippen molar-refractivity contribution in [2.75, 3.05) is 31.7 Å². The maximum atomic E-state index is 14.4. The Morgan fingerprint density at radius 1 is 0.909 bits per heavy atom. The average molecular weight is 462 g/mol. The number of carbonyl (C=O) groups excluding carboxylic acids is 1. The largest absolute Gasteiger partial charge is 0.304 e. The molecular formula is C28H32ClN3O. The maximum Gasteiger partial charge on any atom is 0.256 e. The van der Waals surface area contributed by atoms with E-state index >= 15 is 0 Å². The number of hydrogen-bond donors (Lipinski definition) is 0. The lowest BCUT2D eigenvalue weighted by atomic mass is 9.72. The number of anilines is 1. The van der Waals surface area contributed by atoms with E-state index in [1.165, 1.54) is 0 Å². The Labute approximate surface area is 202 Å². The topological polar surface area (TPSA) is 26.8 Å². The smallest absolute Gasteiger partial charge is 0.256 e. The van der Waals surface area contributed by atoms with Gasteiger partial charge < -0.3 is 4.90 Å². The highest BCUT2D eigenvalue weighted by Gasteiger charge is 2.52. The van der Waals surface area contributed by atoms with E-state index in [-0.39, 0.29) is 5.91 Å². The Hall–Kier alpha value is -2.66. The predicted octanol–water partition coefficient (Wildman–Crippen LogP) is 5.75. The fraction of sp³-hybridized carbons (Fsp3) is 0.321. The van der Waals surface area contributed by atoms with E-state index in [1.54, 1.807) is 0 Å². The van der Waals surface area contributed by atoms with Gasteiger partial charge in [-0.15, -0.1) is 0 Å². The number of fused-ring (bicyclic) bond motifs is 1. The lowest BCUT2D eigenvalue weighted by Gasteiger charge is -2.34. The van der Waals surface area contributed by atoms with Crippen molar-refractivity contribution in [3.8, 4) is 0 Å². The van der Waals surface area contributed by atoms with Crippen LogP contribution in [0.5, 0.6) is 0 Å². The monoisotopic (exact) mass is 461 g/mol. The molecule has 1 amide bonds. The SMILES string of the molecule is CCN(CC)CC[C@]1(c2ccccc2)C(=O)N(N(C)Cc2cccc(Cl)c2)c2ccccc21. The third-order valence-corrected chi connectivity index (χ3v) is 6.99. The number of benzene rings is 3. The van der Waals surface area contributed by atoms with Crippen LogP contribution in [0.3, 0.4) is 0 Å². The number of carbonyl (C=O) groups is 1. The summed E-state index contributed by atoms with van der Waals surface area (Å²) in [6.45, 7) is 7.73. The predicted molar refractivity (Wildman–Crippen MR) is 136 cm³/mol. The highest BCUT2D eigenvalue weighted by molar-refractivity contribution is 6.30. The second kappa shape index (κ2) is 10.1. The van der Waals surface area contributed by atoms with E-state index in [1.807, 2.05) is 71.7 Å². The van der Waals surface area contributed by atoms with Gasteiger partial charge in [-0.05, 0) is 60.9 Å². The molecule has 4 rings (SSSR count). The number of hydrazine groups is 1. The van der Waals surface area contributed by atoms with Gasteiger partial charge in [-0.1, -0.05) is 86.1 Å². The van der Waals surface area contributed by atoms with Crippen LogP contribution in [0.15, 0.2) is 78.9 Å². The van der Waals surface area contributed by atoms with E-state index in [9.17, 15) is 4.79 Å². The van der Waals surface area contributed by atoms with E-state index in [0.717, 1.165) is 48.4 Å². The first kappa shape index (κ1) is 23.5. The Morgan fingerprint density at radius 3 is 2.30 bits per heavy atom. The Balaban J connectivity index is 1.78. The summed E-state index contributed by atoms with van der Waals surface area (Å²) in [4.78, 5) is 16.8. The zero-order valence-corrected chi connectivity index (χ0v) is 20.4. The molecule has 0 radical (unpaired) electrons.